The minimum absolute atomic E-state index is 0.325. The van der Waals surface area contributed by atoms with Crippen LogP contribution in [-0.4, -0.2) is 30.2 Å². The Hall–Kier alpha value is -2.34. The van der Waals surface area contributed by atoms with Gasteiger partial charge in [-0.25, -0.2) is 9.59 Å². The zero-order valence-electron chi connectivity index (χ0n) is 9.72. The van der Waals surface area contributed by atoms with Crippen molar-refractivity contribution in [2.75, 3.05) is 18.4 Å². The molecule has 0 atom stereocenters. The highest BCUT2D eigenvalue weighted by molar-refractivity contribution is 5.89. The molecule has 0 radical (unpaired) electrons. The number of anilines is 1. The van der Waals surface area contributed by atoms with Crippen LogP contribution in [0.3, 0.4) is 0 Å². The number of benzene rings is 1. The van der Waals surface area contributed by atoms with Gasteiger partial charge in [0.25, 0.3) is 0 Å². The molecule has 0 aromatic heterocycles. The van der Waals surface area contributed by atoms with Crippen molar-refractivity contribution < 1.29 is 14.7 Å². The Morgan fingerprint density at radius 2 is 1.94 bits per heavy atom. The topological polar surface area (TPSA) is 104 Å². The van der Waals surface area contributed by atoms with Crippen LogP contribution >= 0.6 is 0 Å². The Morgan fingerprint density at radius 1 is 1.28 bits per heavy atom. The number of rotatable bonds is 5. The number of carboxylic acid groups (broad SMARTS) is 1. The summed E-state index contributed by atoms with van der Waals surface area (Å²) in [5, 5.41) is 13.7. The highest BCUT2D eigenvalue weighted by Crippen LogP contribution is 2.10. The first-order valence-electron chi connectivity index (χ1n) is 5.38. The van der Waals surface area contributed by atoms with Gasteiger partial charge in [-0.15, -0.1) is 0 Å². The number of hydrogen-bond donors (Lipinski definition) is 4. The quantitative estimate of drug-likeness (QED) is 0.581. The van der Waals surface area contributed by atoms with E-state index in [9.17, 15) is 9.59 Å². The number of hydrogen-bond acceptors (Lipinski definition) is 3. The second-order valence-corrected chi connectivity index (χ2v) is 3.46. The Labute approximate surface area is 104 Å². The van der Waals surface area contributed by atoms with Gasteiger partial charge in [-0.05, 0) is 23.8 Å². The van der Waals surface area contributed by atoms with Crippen LogP contribution in [-0.2, 0) is 4.79 Å². The smallest absolute Gasteiger partial charge is 0.328 e. The Bertz CT molecular complexity index is 440. The number of aliphatic carboxylic acids is 1. The van der Waals surface area contributed by atoms with E-state index in [1.165, 1.54) is 6.08 Å². The second kappa shape index (κ2) is 7.08. The molecule has 0 saturated carbocycles. The number of carbonyl (C=O) groups excluding carboxylic acids is 1. The molecule has 1 rings (SSSR count). The molecule has 0 bridgehead atoms. The Morgan fingerprint density at radius 3 is 2.50 bits per heavy atom. The van der Waals surface area contributed by atoms with Crippen molar-refractivity contribution in [2.24, 2.45) is 5.73 Å². The van der Waals surface area contributed by atoms with Gasteiger partial charge < -0.3 is 21.5 Å². The number of nitrogens with two attached hydrogens (primary N) is 1. The number of nitrogens with one attached hydrogen (secondary N) is 2. The molecule has 18 heavy (non-hydrogen) atoms. The summed E-state index contributed by atoms with van der Waals surface area (Å²) >= 11 is 0. The molecule has 5 N–H and O–H groups in total. The number of carbonyl (C=O) groups is 2. The summed E-state index contributed by atoms with van der Waals surface area (Å²) in [6, 6.07) is 6.46. The lowest BCUT2D eigenvalue weighted by Gasteiger charge is -2.06. The second-order valence-electron chi connectivity index (χ2n) is 3.46. The van der Waals surface area contributed by atoms with Gasteiger partial charge >= 0.3 is 12.0 Å². The highest BCUT2D eigenvalue weighted by Gasteiger charge is 1.99. The van der Waals surface area contributed by atoms with Gasteiger partial charge in [-0.2, -0.15) is 0 Å². The molecule has 0 saturated heterocycles. The van der Waals surface area contributed by atoms with Crippen LogP contribution in [0.15, 0.2) is 30.3 Å². The van der Waals surface area contributed by atoms with E-state index >= 15 is 0 Å². The largest absolute Gasteiger partial charge is 0.478 e. The number of urea groups is 1. The Kier molecular flexibility index (Phi) is 5.40. The van der Waals surface area contributed by atoms with Crippen LogP contribution in [0, 0.1) is 0 Å². The first-order chi connectivity index (χ1) is 8.61. The predicted octanol–water partition coefficient (Wildman–Crippen LogP) is 0.865. The van der Waals surface area contributed by atoms with Crippen molar-refractivity contribution in [1.29, 1.82) is 0 Å². The molecule has 0 unspecified atom stereocenters. The summed E-state index contributed by atoms with van der Waals surface area (Å²) < 4.78 is 0. The molecule has 96 valence electrons. The average molecular weight is 249 g/mol. The van der Waals surface area contributed by atoms with E-state index in [0.717, 1.165) is 11.6 Å². The summed E-state index contributed by atoms with van der Waals surface area (Å²) in [4.78, 5) is 21.6. The lowest BCUT2D eigenvalue weighted by molar-refractivity contribution is -0.131. The van der Waals surface area contributed by atoms with E-state index in [4.69, 9.17) is 10.8 Å². The molecule has 1 aromatic rings. The zero-order chi connectivity index (χ0) is 13.4. The highest BCUT2D eigenvalue weighted by atomic mass is 16.4. The summed E-state index contributed by atoms with van der Waals surface area (Å²) in [6.45, 7) is 0.789. The molecule has 2 amide bonds. The first-order valence-corrected chi connectivity index (χ1v) is 5.38. The van der Waals surface area contributed by atoms with Crippen LogP contribution in [0.5, 0.6) is 0 Å². The van der Waals surface area contributed by atoms with E-state index < -0.39 is 5.97 Å². The lowest BCUT2D eigenvalue weighted by Crippen LogP contribution is -2.32. The minimum atomic E-state index is -1.00. The number of amides is 2. The van der Waals surface area contributed by atoms with Crippen LogP contribution in [0.2, 0.25) is 0 Å². The van der Waals surface area contributed by atoms with Crippen LogP contribution in [0.4, 0.5) is 10.5 Å². The molecular weight excluding hydrogens is 234 g/mol. The maximum Gasteiger partial charge on any atom is 0.328 e. The van der Waals surface area contributed by atoms with E-state index in [1.54, 1.807) is 24.3 Å². The van der Waals surface area contributed by atoms with Crippen LogP contribution < -0.4 is 16.4 Å². The molecule has 0 aliphatic carbocycles. The molecule has 0 fully saturated rings. The van der Waals surface area contributed by atoms with Gasteiger partial charge in [0.05, 0.1) is 0 Å². The molecule has 0 spiro atoms. The average Bonchev–Trinajstić information content (AvgIpc) is 2.35. The van der Waals surface area contributed by atoms with Crippen LogP contribution in [0.1, 0.15) is 5.56 Å². The van der Waals surface area contributed by atoms with Gasteiger partial charge in [0, 0.05) is 24.9 Å². The summed E-state index contributed by atoms with van der Waals surface area (Å²) in [5.74, 6) is -1.00. The molecule has 6 nitrogen and oxygen atoms in total. The van der Waals surface area contributed by atoms with Gasteiger partial charge in [-0.1, -0.05) is 12.1 Å². The number of carboxylic acids is 1. The monoisotopic (exact) mass is 249 g/mol. The van der Waals surface area contributed by atoms with Crippen molar-refractivity contribution in [3.63, 3.8) is 0 Å². The fourth-order valence-corrected chi connectivity index (χ4v) is 1.21. The van der Waals surface area contributed by atoms with Gasteiger partial charge in [0.2, 0.25) is 0 Å². The third kappa shape index (κ3) is 5.13. The molecule has 0 aliphatic heterocycles. The van der Waals surface area contributed by atoms with E-state index in [-0.39, 0.29) is 6.03 Å². The minimum Gasteiger partial charge on any atom is -0.478 e. The predicted molar refractivity (Wildman–Crippen MR) is 69.2 cm³/mol. The van der Waals surface area contributed by atoms with Crippen molar-refractivity contribution in [3.8, 4) is 0 Å². The normalized spacial score (nSPS) is 10.3. The molecular formula is C12H15N3O3. The third-order valence-electron chi connectivity index (χ3n) is 2.02. The molecule has 6 heteroatoms. The fourth-order valence-electron chi connectivity index (χ4n) is 1.21. The maximum atomic E-state index is 11.3. The van der Waals surface area contributed by atoms with E-state index in [0.29, 0.717) is 18.8 Å². The van der Waals surface area contributed by atoms with Crippen molar-refractivity contribution in [2.45, 2.75) is 0 Å². The van der Waals surface area contributed by atoms with Crippen molar-refractivity contribution >= 4 is 23.8 Å². The van der Waals surface area contributed by atoms with Gasteiger partial charge in [0.1, 0.15) is 0 Å². The maximum absolute atomic E-state index is 11.3. The molecule has 0 heterocycles. The van der Waals surface area contributed by atoms with Gasteiger partial charge in [-0.3, -0.25) is 0 Å². The molecule has 1 aromatic carbocycles. The molecule has 0 aliphatic rings. The fraction of sp³-hybridized carbons (Fsp3) is 0.167. The third-order valence-corrected chi connectivity index (χ3v) is 2.02. The van der Waals surface area contributed by atoms with Crippen molar-refractivity contribution in [1.82, 2.24) is 5.32 Å². The van der Waals surface area contributed by atoms with Crippen molar-refractivity contribution in [3.05, 3.63) is 35.9 Å². The van der Waals surface area contributed by atoms with E-state index in [2.05, 4.69) is 10.6 Å². The Balaban J connectivity index is 2.55. The van der Waals surface area contributed by atoms with Crippen LogP contribution in [0.25, 0.3) is 6.08 Å². The van der Waals surface area contributed by atoms with E-state index in [1.807, 2.05) is 0 Å². The first kappa shape index (κ1) is 13.7. The van der Waals surface area contributed by atoms with Gasteiger partial charge in [0.15, 0.2) is 0 Å². The zero-order valence-corrected chi connectivity index (χ0v) is 9.72. The summed E-state index contributed by atoms with van der Waals surface area (Å²) in [6.07, 6.45) is 2.52. The SMILES string of the molecule is NCCNC(=O)Nc1ccc(/C=C/C(=O)O)cc1. The summed E-state index contributed by atoms with van der Waals surface area (Å²) in [5.41, 5.74) is 6.61. The standard InChI is InChI=1S/C12H15N3O3/c13-7-8-14-12(18)15-10-4-1-9(2-5-10)3-6-11(16)17/h1-6H,7-8,13H2,(H,16,17)(H2,14,15,18)/b6-3+. The lowest BCUT2D eigenvalue weighted by atomic mass is 10.2. The summed E-state index contributed by atoms with van der Waals surface area (Å²) in [7, 11) is 0.